The molecule has 76 valence electrons. The normalized spacial score (nSPS) is 12.1. The van der Waals surface area contributed by atoms with Crippen LogP contribution in [0.3, 0.4) is 0 Å². The van der Waals surface area contributed by atoms with Crippen LogP contribution in [0.5, 0.6) is 0 Å². The van der Waals surface area contributed by atoms with E-state index in [1.807, 2.05) is 12.1 Å². The first kappa shape index (κ1) is 9.40. The van der Waals surface area contributed by atoms with E-state index in [1.54, 1.807) is 0 Å². The minimum absolute atomic E-state index is 0.156. The maximum Gasteiger partial charge on any atom is 0.417 e. The summed E-state index contributed by atoms with van der Waals surface area (Å²) >= 11 is 0. The minimum Gasteiger partial charge on any atom is -0.408 e. The van der Waals surface area contributed by atoms with Crippen LogP contribution < -0.4 is 5.76 Å². The fraction of sp³-hybridized carbons (Fsp3) is 0.300. The Hall–Kier alpha value is -1.16. The van der Waals surface area contributed by atoms with Gasteiger partial charge >= 0.3 is 5.76 Å². The zero-order valence-electron chi connectivity index (χ0n) is 8.42. The third kappa shape index (κ3) is 1.46. The molecule has 3 nitrogen and oxygen atoms in total. The summed E-state index contributed by atoms with van der Waals surface area (Å²) in [5.41, 5.74) is 2.66. The Morgan fingerprint density at radius 1 is 1.36 bits per heavy atom. The van der Waals surface area contributed by atoms with E-state index in [0.717, 1.165) is 5.52 Å². The van der Waals surface area contributed by atoms with Gasteiger partial charge in [0.25, 0.3) is 0 Å². The highest BCUT2D eigenvalue weighted by molar-refractivity contribution is 8.15. The fourth-order valence-corrected chi connectivity index (χ4v) is 2.72. The quantitative estimate of drug-likeness (QED) is 0.709. The predicted octanol–water partition coefficient (Wildman–Crippen LogP) is 2.05. The smallest absolute Gasteiger partial charge is 0.408 e. The maximum absolute atomic E-state index is 11.0. The molecule has 0 radical (unpaired) electrons. The first-order chi connectivity index (χ1) is 6.58. The third-order valence-electron chi connectivity index (χ3n) is 2.22. The number of fused-ring (bicyclic) bond motifs is 1. The highest BCUT2D eigenvalue weighted by Gasteiger charge is 2.06. The van der Waals surface area contributed by atoms with Crippen molar-refractivity contribution < 1.29 is 4.42 Å². The Morgan fingerprint density at radius 2 is 2.07 bits per heavy atom. The number of aromatic amines is 1. The number of hydrogen-bond acceptors (Lipinski definition) is 2. The van der Waals surface area contributed by atoms with Gasteiger partial charge in [-0.1, -0.05) is 0 Å². The van der Waals surface area contributed by atoms with Crippen molar-refractivity contribution in [2.45, 2.75) is 11.8 Å². The molecule has 1 aromatic heterocycles. The van der Waals surface area contributed by atoms with Gasteiger partial charge in [0.05, 0.1) is 5.52 Å². The maximum atomic E-state index is 11.0. The van der Waals surface area contributed by atoms with E-state index in [-0.39, 0.29) is 16.7 Å². The lowest BCUT2D eigenvalue weighted by Gasteiger charge is -2.12. The van der Waals surface area contributed by atoms with Crippen LogP contribution >= 0.6 is 10.9 Å². The molecule has 0 saturated carbocycles. The number of benzene rings is 1. The summed E-state index contributed by atoms with van der Waals surface area (Å²) in [4.78, 5) is 14.9. The average molecular weight is 211 g/mol. The Balaban J connectivity index is 2.76. The molecule has 2 aromatic rings. The Kier molecular flexibility index (Phi) is 2.15. The van der Waals surface area contributed by atoms with Crippen LogP contribution in [-0.2, 0) is 0 Å². The molecule has 0 aliphatic heterocycles. The Bertz CT molecular complexity index is 524. The Morgan fingerprint density at radius 3 is 2.71 bits per heavy atom. The standard InChI is InChI=1S/C10H13NO2S/c1-6-4-7-8(13-10(12)11-7)5-9(6)14(2)3/h4-5,14H,1-3H3,(H,11,12). The van der Waals surface area contributed by atoms with Gasteiger partial charge in [0.2, 0.25) is 0 Å². The molecule has 0 aliphatic carbocycles. The Labute approximate surface area is 84.5 Å². The van der Waals surface area contributed by atoms with Gasteiger partial charge in [-0.2, -0.15) is 0 Å². The molecule has 1 N–H and O–H groups in total. The number of rotatable bonds is 1. The van der Waals surface area contributed by atoms with Crippen LogP contribution in [-0.4, -0.2) is 17.5 Å². The highest BCUT2D eigenvalue weighted by atomic mass is 32.2. The summed E-state index contributed by atoms with van der Waals surface area (Å²) in [5.74, 6) is -0.381. The fourth-order valence-electron chi connectivity index (χ4n) is 1.58. The van der Waals surface area contributed by atoms with Crippen molar-refractivity contribution in [1.29, 1.82) is 0 Å². The summed E-state index contributed by atoms with van der Waals surface area (Å²) in [7, 11) is -0.156. The molecule has 0 amide bonds. The zero-order chi connectivity index (χ0) is 10.3. The second-order valence-corrected chi connectivity index (χ2v) is 5.81. The molecule has 0 spiro atoms. The molecule has 0 bridgehead atoms. The van der Waals surface area contributed by atoms with Crippen molar-refractivity contribution in [2.24, 2.45) is 0 Å². The first-order valence-electron chi connectivity index (χ1n) is 4.39. The van der Waals surface area contributed by atoms with Gasteiger partial charge in [0.1, 0.15) is 0 Å². The van der Waals surface area contributed by atoms with Gasteiger partial charge in [-0.05, 0) is 42.0 Å². The van der Waals surface area contributed by atoms with Gasteiger partial charge in [-0.15, -0.1) is 0 Å². The number of hydrogen-bond donors (Lipinski definition) is 2. The van der Waals surface area contributed by atoms with E-state index >= 15 is 0 Å². The third-order valence-corrected chi connectivity index (χ3v) is 3.66. The number of oxazole rings is 1. The van der Waals surface area contributed by atoms with Crippen LogP contribution in [0, 0.1) is 6.92 Å². The topological polar surface area (TPSA) is 46.0 Å². The van der Waals surface area contributed by atoms with Crippen LogP contribution in [0.15, 0.2) is 26.2 Å². The van der Waals surface area contributed by atoms with Gasteiger partial charge in [0.15, 0.2) is 5.58 Å². The summed E-state index contributed by atoms with van der Waals surface area (Å²) in [6, 6.07) is 3.94. The summed E-state index contributed by atoms with van der Waals surface area (Å²) in [6.45, 7) is 2.06. The van der Waals surface area contributed by atoms with Crippen LogP contribution in [0.25, 0.3) is 11.1 Å². The van der Waals surface area contributed by atoms with Gasteiger partial charge < -0.3 is 4.42 Å². The molecule has 0 fully saturated rings. The van der Waals surface area contributed by atoms with E-state index in [4.69, 9.17) is 4.42 Å². The molecule has 4 heteroatoms. The molecular formula is C10H13NO2S. The van der Waals surface area contributed by atoms with Gasteiger partial charge in [-0.25, -0.2) is 15.7 Å². The van der Waals surface area contributed by atoms with E-state index < -0.39 is 0 Å². The molecule has 0 unspecified atom stereocenters. The summed E-state index contributed by atoms with van der Waals surface area (Å²) in [6.07, 6.45) is 4.38. The molecule has 1 heterocycles. The molecule has 0 saturated heterocycles. The first-order valence-corrected chi connectivity index (χ1v) is 6.62. The van der Waals surface area contributed by atoms with E-state index in [1.165, 1.54) is 10.5 Å². The molecular weight excluding hydrogens is 198 g/mol. The van der Waals surface area contributed by atoms with Crippen LogP contribution in [0.1, 0.15) is 5.56 Å². The molecule has 0 atom stereocenters. The predicted molar refractivity (Wildman–Crippen MR) is 60.7 cm³/mol. The summed E-state index contributed by atoms with van der Waals surface area (Å²) < 4.78 is 5.01. The lowest BCUT2D eigenvalue weighted by Crippen LogP contribution is -1.92. The van der Waals surface area contributed by atoms with Crippen molar-refractivity contribution in [3.8, 4) is 0 Å². The van der Waals surface area contributed by atoms with E-state index in [9.17, 15) is 4.79 Å². The summed E-state index contributed by atoms with van der Waals surface area (Å²) in [5, 5.41) is 0. The van der Waals surface area contributed by atoms with E-state index in [2.05, 4.69) is 24.4 Å². The number of H-pyrrole nitrogens is 1. The van der Waals surface area contributed by atoms with Crippen molar-refractivity contribution in [2.75, 3.05) is 12.5 Å². The number of thiol groups is 1. The van der Waals surface area contributed by atoms with Crippen LogP contribution in [0.4, 0.5) is 0 Å². The molecule has 14 heavy (non-hydrogen) atoms. The lowest BCUT2D eigenvalue weighted by atomic mass is 10.2. The monoisotopic (exact) mass is 211 g/mol. The highest BCUT2D eigenvalue weighted by Crippen LogP contribution is 2.33. The van der Waals surface area contributed by atoms with Crippen molar-refractivity contribution in [1.82, 2.24) is 4.98 Å². The average Bonchev–Trinajstić information content (AvgIpc) is 2.42. The van der Waals surface area contributed by atoms with E-state index in [0.29, 0.717) is 5.58 Å². The second-order valence-electron chi connectivity index (χ2n) is 3.54. The lowest BCUT2D eigenvalue weighted by molar-refractivity contribution is 0.554. The second kappa shape index (κ2) is 3.20. The zero-order valence-corrected chi connectivity index (χ0v) is 9.31. The number of nitrogens with one attached hydrogen (secondary N) is 1. The van der Waals surface area contributed by atoms with Gasteiger partial charge in [-0.3, -0.25) is 4.98 Å². The van der Waals surface area contributed by atoms with Gasteiger partial charge in [0, 0.05) is 0 Å². The number of aryl methyl sites for hydroxylation is 1. The SMILES string of the molecule is Cc1cc2[nH]c(=O)oc2cc1[SH](C)C. The largest absolute Gasteiger partial charge is 0.417 e. The number of aromatic nitrogens is 1. The van der Waals surface area contributed by atoms with Crippen molar-refractivity contribution in [3.05, 3.63) is 28.2 Å². The molecule has 1 aromatic carbocycles. The molecule has 2 rings (SSSR count). The molecule has 0 aliphatic rings. The van der Waals surface area contributed by atoms with Crippen molar-refractivity contribution in [3.63, 3.8) is 0 Å². The van der Waals surface area contributed by atoms with Crippen molar-refractivity contribution >= 4 is 22.0 Å². The van der Waals surface area contributed by atoms with Crippen LogP contribution in [0.2, 0.25) is 0 Å². The minimum atomic E-state index is -0.381.